The zero-order chi connectivity index (χ0) is 15.2. The molecule has 1 unspecified atom stereocenters. The van der Waals surface area contributed by atoms with Crippen LogP contribution >= 0.6 is 11.6 Å². The maximum Gasteiger partial charge on any atom is 0.212 e. The Kier molecular flexibility index (Phi) is 6.79. The maximum absolute atomic E-state index is 11.9. The first-order chi connectivity index (χ1) is 9.35. The highest BCUT2D eigenvalue weighted by molar-refractivity contribution is 7.89. The van der Waals surface area contributed by atoms with Crippen LogP contribution in [0.5, 0.6) is 5.75 Å². The molecule has 1 aromatic rings. The zero-order valence-electron chi connectivity index (χ0n) is 12.1. The van der Waals surface area contributed by atoms with Crippen molar-refractivity contribution in [3.63, 3.8) is 0 Å². The number of hydrogen-bond acceptors (Lipinski definition) is 3. The number of sulfonamides is 1. The molecule has 0 saturated carbocycles. The predicted molar refractivity (Wildman–Crippen MR) is 82.9 cm³/mol. The Labute approximate surface area is 126 Å². The minimum atomic E-state index is -3.33. The third-order valence-corrected chi connectivity index (χ3v) is 4.46. The lowest BCUT2D eigenvalue weighted by atomic mass is 10.1. The second-order valence-electron chi connectivity index (χ2n) is 4.91. The summed E-state index contributed by atoms with van der Waals surface area (Å²) in [6, 6.07) is 7.11. The van der Waals surface area contributed by atoms with Crippen molar-refractivity contribution in [2.24, 2.45) is 0 Å². The van der Waals surface area contributed by atoms with Gasteiger partial charge in [-0.25, -0.2) is 13.1 Å². The third kappa shape index (κ3) is 5.69. The van der Waals surface area contributed by atoms with Crippen LogP contribution in [0.2, 0.25) is 0 Å². The van der Waals surface area contributed by atoms with E-state index in [9.17, 15) is 8.42 Å². The summed E-state index contributed by atoms with van der Waals surface area (Å²) in [5.41, 5.74) is 0.829. The summed E-state index contributed by atoms with van der Waals surface area (Å²) in [7, 11) is -3.33. The normalized spacial score (nSPS) is 13.4. The van der Waals surface area contributed by atoms with E-state index in [1.165, 1.54) is 0 Å². The molecule has 1 aromatic carbocycles. The van der Waals surface area contributed by atoms with E-state index in [4.69, 9.17) is 16.3 Å². The Morgan fingerprint density at radius 3 is 2.50 bits per heavy atom. The van der Waals surface area contributed by atoms with Crippen LogP contribution in [-0.4, -0.2) is 26.2 Å². The first kappa shape index (κ1) is 17.3. The number of halogens is 1. The summed E-state index contributed by atoms with van der Waals surface area (Å²) in [5, 5.41) is 0. The first-order valence-corrected chi connectivity index (χ1v) is 8.86. The van der Waals surface area contributed by atoms with Crippen molar-refractivity contribution in [3.05, 3.63) is 29.8 Å². The molecule has 4 nitrogen and oxygen atoms in total. The van der Waals surface area contributed by atoms with Gasteiger partial charge in [-0.1, -0.05) is 18.2 Å². The number of alkyl halides is 1. The van der Waals surface area contributed by atoms with Gasteiger partial charge >= 0.3 is 0 Å². The molecule has 114 valence electrons. The average Bonchev–Trinajstić information content (AvgIpc) is 2.35. The first-order valence-electron chi connectivity index (χ1n) is 6.67. The molecule has 6 heteroatoms. The van der Waals surface area contributed by atoms with Crippen LogP contribution < -0.4 is 9.46 Å². The molecule has 0 saturated heterocycles. The smallest absolute Gasteiger partial charge is 0.212 e. The van der Waals surface area contributed by atoms with Crippen LogP contribution in [0.15, 0.2) is 24.3 Å². The Hall–Kier alpha value is -0.780. The fraction of sp³-hybridized carbons (Fsp3) is 0.571. The zero-order valence-corrected chi connectivity index (χ0v) is 13.7. The summed E-state index contributed by atoms with van der Waals surface area (Å²) in [6.45, 7) is 5.68. The highest BCUT2D eigenvalue weighted by atomic mass is 35.5. The van der Waals surface area contributed by atoms with Crippen molar-refractivity contribution in [1.29, 1.82) is 0 Å². The molecule has 1 rings (SSSR count). The van der Waals surface area contributed by atoms with Crippen molar-refractivity contribution in [2.45, 2.75) is 39.3 Å². The summed E-state index contributed by atoms with van der Waals surface area (Å²) in [6.07, 6.45) is 0.476. The second kappa shape index (κ2) is 7.86. The van der Waals surface area contributed by atoms with E-state index in [2.05, 4.69) is 4.72 Å². The summed E-state index contributed by atoms with van der Waals surface area (Å²) in [4.78, 5) is 0. The minimum absolute atomic E-state index is 0.0358. The van der Waals surface area contributed by atoms with E-state index < -0.39 is 10.0 Å². The average molecular weight is 320 g/mol. The predicted octanol–water partition coefficient (Wildman–Crippen LogP) is 3.08. The molecule has 0 aromatic heterocycles. The second-order valence-corrected chi connectivity index (χ2v) is 7.16. The van der Waals surface area contributed by atoms with E-state index in [0.717, 1.165) is 5.56 Å². The number of hydrogen-bond donors (Lipinski definition) is 1. The molecule has 0 amide bonds. The number of nitrogens with one attached hydrogen (secondary N) is 1. The van der Waals surface area contributed by atoms with Gasteiger partial charge in [-0.3, -0.25) is 0 Å². The van der Waals surface area contributed by atoms with Crippen molar-refractivity contribution in [2.75, 3.05) is 11.6 Å². The van der Waals surface area contributed by atoms with E-state index in [1.54, 1.807) is 6.92 Å². The lowest BCUT2D eigenvalue weighted by Crippen LogP contribution is -2.29. The largest absolute Gasteiger partial charge is 0.491 e. The van der Waals surface area contributed by atoms with Gasteiger partial charge in [0.2, 0.25) is 10.0 Å². The molecular formula is C14H22ClNO3S. The Balaban J connectivity index is 2.84. The molecule has 0 bridgehead atoms. The lowest BCUT2D eigenvalue weighted by molar-refractivity contribution is 0.238. The van der Waals surface area contributed by atoms with Gasteiger partial charge in [0, 0.05) is 17.5 Å². The van der Waals surface area contributed by atoms with Crippen LogP contribution in [0.3, 0.4) is 0 Å². The molecule has 1 atom stereocenters. The SMILES string of the molecule is CC(C)Oc1ccccc1C(C)NS(=O)(=O)CCCCl. The molecule has 1 N–H and O–H groups in total. The minimum Gasteiger partial charge on any atom is -0.491 e. The fourth-order valence-corrected chi connectivity index (χ4v) is 3.44. The van der Waals surface area contributed by atoms with Gasteiger partial charge in [-0.2, -0.15) is 0 Å². The molecule has 0 radical (unpaired) electrons. The standard InChI is InChI=1S/C14H22ClNO3S/c1-11(2)19-14-8-5-4-7-13(14)12(3)16-20(17,18)10-6-9-15/h4-5,7-8,11-12,16H,6,9-10H2,1-3H3. The van der Waals surface area contributed by atoms with Crippen LogP contribution in [0.1, 0.15) is 38.8 Å². The van der Waals surface area contributed by atoms with Gasteiger partial charge in [-0.05, 0) is 33.3 Å². The summed E-state index contributed by atoms with van der Waals surface area (Å²) < 4.78 is 32.2. The lowest BCUT2D eigenvalue weighted by Gasteiger charge is -2.19. The molecule has 0 aliphatic carbocycles. The van der Waals surface area contributed by atoms with Crippen LogP contribution in [-0.2, 0) is 10.0 Å². The van der Waals surface area contributed by atoms with Crippen LogP contribution in [0.4, 0.5) is 0 Å². The van der Waals surface area contributed by atoms with E-state index in [0.29, 0.717) is 18.1 Å². The third-order valence-electron chi connectivity index (χ3n) is 2.65. The van der Waals surface area contributed by atoms with E-state index in [1.807, 2.05) is 38.1 Å². The van der Waals surface area contributed by atoms with Crippen LogP contribution in [0, 0.1) is 0 Å². The number of rotatable bonds is 8. The molecule has 0 spiro atoms. The molecule has 0 aliphatic rings. The van der Waals surface area contributed by atoms with Crippen molar-refractivity contribution < 1.29 is 13.2 Å². The van der Waals surface area contributed by atoms with Gasteiger partial charge in [0.25, 0.3) is 0 Å². The maximum atomic E-state index is 11.9. The molecular weight excluding hydrogens is 298 g/mol. The fourth-order valence-electron chi connectivity index (χ4n) is 1.84. The van der Waals surface area contributed by atoms with Gasteiger partial charge in [0.05, 0.1) is 11.9 Å². The number of ether oxygens (including phenoxy) is 1. The quantitative estimate of drug-likeness (QED) is 0.749. The summed E-state index contributed by atoms with van der Waals surface area (Å²) >= 11 is 5.53. The van der Waals surface area contributed by atoms with E-state index >= 15 is 0 Å². The Morgan fingerprint density at radius 1 is 1.25 bits per heavy atom. The van der Waals surface area contributed by atoms with E-state index in [-0.39, 0.29) is 17.9 Å². The molecule has 0 heterocycles. The number of para-hydroxylation sites is 1. The van der Waals surface area contributed by atoms with Crippen LogP contribution in [0.25, 0.3) is 0 Å². The monoisotopic (exact) mass is 319 g/mol. The van der Waals surface area contributed by atoms with Gasteiger partial charge in [-0.15, -0.1) is 11.6 Å². The topological polar surface area (TPSA) is 55.4 Å². The van der Waals surface area contributed by atoms with Gasteiger partial charge in [0.1, 0.15) is 5.75 Å². The summed E-state index contributed by atoms with van der Waals surface area (Å²) in [5.74, 6) is 1.08. The highest BCUT2D eigenvalue weighted by Gasteiger charge is 2.18. The Bertz CT molecular complexity index is 517. The molecule has 20 heavy (non-hydrogen) atoms. The Morgan fingerprint density at radius 2 is 1.90 bits per heavy atom. The molecule has 0 fully saturated rings. The van der Waals surface area contributed by atoms with Crippen molar-refractivity contribution in [1.82, 2.24) is 4.72 Å². The highest BCUT2D eigenvalue weighted by Crippen LogP contribution is 2.26. The van der Waals surface area contributed by atoms with Crippen molar-refractivity contribution in [3.8, 4) is 5.75 Å². The van der Waals surface area contributed by atoms with Gasteiger partial charge < -0.3 is 4.74 Å². The van der Waals surface area contributed by atoms with Gasteiger partial charge in [0.15, 0.2) is 0 Å². The molecule has 0 aliphatic heterocycles. The number of benzene rings is 1. The van der Waals surface area contributed by atoms with Crippen molar-refractivity contribution >= 4 is 21.6 Å².